The fraction of sp³-hybridized carbons (Fsp3) is 0.333. The molecule has 3 aromatic rings. The normalized spacial score (nSPS) is 17.4. The third kappa shape index (κ3) is 4.76. The maximum Gasteiger partial charge on any atom is 0.119 e. The Morgan fingerprint density at radius 1 is 1.07 bits per heavy atom. The fourth-order valence-corrected chi connectivity index (χ4v) is 4.01. The second kappa shape index (κ2) is 8.98. The van der Waals surface area contributed by atoms with Gasteiger partial charge < -0.3 is 4.74 Å². The largest absolute Gasteiger partial charge is 0.497 e. The zero-order valence-electron chi connectivity index (χ0n) is 16.4. The lowest BCUT2D eigenvalue weighted by atomic mass is 9.93. The highest BCUT2D eigenvalue weighted by molar-refractivity contribution is 5.31. The minimum absolute atomic E-state index is 0.496. The first-order valence-corrected chi connectivity index (χ1v) is 10.00. The molecule has 1 atom stereocenters. The van der Waals surface area contributed by atoms with Crippen LogP contribution in [-0.4, -0.2) is 35.1 Å². The molecular weight excluding hydrogens is 346 g/mol. The first kappa shape index (κ1) is 18.6. The Morgan fingerprint density at radius 3 is 2.82 bits per heavy atom. The van der Waals surface area contributed by atoms with E-state index in [1.807, 2.05) is 30.6 Å². The van der Waals surface area contributed by atoms with Gasteiger partial charge in [0.2, 0.25) is 0 Å². The van der Waals surface area contributed by atoms with Crippen LogP contribution in [0, 0.1) is 0 Å². The molecule has 4 nitrogen and oxygen atoms in total. The van der Waals surface area contributed by atoms with Crippen LogP contribution in [0.1, 0.15) is 41.3 Å². The van der Waals surface area contributed by atoms with Gasteiger partial charge in [-0.05, 0) is 60.8 Å². The number of nitrogens with zero attached hydrogens (tertiary/aromatic N) is 3. The number of ether oxygens (including phenoxy) is 1. The molecule has 0 bridgehead atoms. The quantitative estimate of drug-likeness (QED) is 0.640. The minimum atomic E-state index is 0.496. The highest BCUT2D eigenvalue weighted by atomic mass is 16.5. The van der Waals surface area contributed by atoms with Crippen molar-refractivity contribution in [2.45, 2.75) is 31.7 Å². The van der Waals surface area contributed by atoms with Crippen LogP contribution in [0.5, 0.6) is 5.75 Å². The summed E-state index contributed by atoms with van der Waals surface area (Å²) in [6, 6.07) is 18.9. The molecule has 2 aromatic heterocycles. The Labute approximate surface area is 167 Å². The van der Waals surface area contributed by atoms with Crippen molar-refractivity contribution in [3.05, 3.63) is 89.5 Å². The molecule has 0 saturated carbocycles. The van der Waals surface area contributed by atoms with Crippen LogP contribution in [-0.2, 0) is 13.0 Å². The van der Waals surface area contributed by atoms with E-state index in [9.17, 15) is 0 Å². The first-order valence-electron chi connectivity index (χ1n) is 10.00. The van der Waals surface area contributed by atoms with Crippen LogP contribution in [0.4, 0.5) is 0 Å². The number of hydrogen-bond acceptors (Lipinski definition) is 4. The molecule has 0 aliphatic carbocycles. The molecule has 1 aliphatic heterocycles. The molecule has 4 rings (SSSR count). The third-order valence-electron chi connectivity index (χ3n) is 5.40. The van der Waals surface area contributed by atoms with Gasteiger partial charge in [-0.3, -0.25) is 14.9 Å². The van der Waals surface area contributed by atoms with Gasteiger partial charge in [0.05, 0.1) is 7.11 Å². The van der Waals surface area contributed by atoms with Crippen LogP contribution < -0.4 is 4.74 Å². The molecule has 144 valence electrons. The van der Waals surface area contributed by atoms with Crippen LogP contribution in [0.2, 0.25) is 0 Å². The van der Waals surface area contributed by atoms with Crippen LogP contribution in [0.25, 0.3) is 0 Å². The summed E-state index contributed by atoms with van der Waals surface area (Å²) >= 11 is 0. The van der Waals surface area contributed by atoms with Crippen molar-refractivity contribution < 1.29 is 4.74 Å². The van der Waals surface area contributed by atoms with Crippen LogP contribution in [0.3, 0.4) is 0 Å². The smallest absolute Gasteiger partial charge is 0.119 e. The monoisotopic (exact) mass is 373 g/mol. The van der Waals surface area contributed by atoms with Crippen molar-refractivity contribution in [1.82, 2.24) is 14.9 Å². The van der Waals surface area contributed by atoms with Gasteiger partial charge in [0.15, 0.2) is 0 Å². The lowest BCUT2D eigenvalue weighted by molar-refractivity contribution is 0.198. The maximum atomic E-state index is 5.34. The van der Waals surface area contributed by atoms with Gasteiger partial charge in [-0.2, -0.15) is 0 Å². The van der Waals surface area contributed by atoms with E-state index < -0.39 is 0 Å². The predicted octanol–water partition coefficient (Wildman–Crippen LogP) is 4.46. The molecule has 1 aromatic carbocycles. The van der Waals surface area contributed by atoms with Crippen molar-refractivity contribution in [2.24, 2.45) is 0 Å². The Bertz CT molecular complexity index is 897. The molecule has 0 unspecified atom stereocenters. The van der Waals surface area contributed by atoms with E-state index >= 15 is 0 Å². The highest BCUT2D eigenvalue weighted by Gasteiger charge is 2.22. The van der Waals surface area contributed by atoms with Gasteiger partial charge in [-0.1, -0.05) is 24.3 Å². The zero-order valence-corrected chi connectivity index (χ0v) is 16.4. The van der Waals surface area contributed by atoms with Crippen molar-refractivity contribution >= 4 is 0 Å². The zero-order chi connectivity index (χ0) is 19.2. The summed E-state index contributed by atoms with van der Waals surface area (Å²) < 4.78 is 5.34. The third-order valence-corrected chi connectivity index (χ3v) is 5.40. The Kier molecular flexibility index (Phi) is 5.98. The van der Waals surface area contributed by atoms with E-state index in [0.717, 1.165) is 37.5 Å². The van der Waals surface area contributed by atoms with Crippen LogP contribution in [0.15, 0.2) is 67.0 Å². The predicted molar refractivity (Wildman–Crippen MR) is 112 cm³/mol. The number of pyridine rings is 2. The molecule has 3 heterocycles. The SMILES string of the molecule is COc1cccc(Cc2cccc([C@@H]3CCCN(Cc4cccnc4)C3)n2)c1. The summed E-state index contributed by atoms with van der Waals surface area (Å²) in [7, 11) is 1.71. The second-order valence-corrected chi connectivity index (χ2v) is 7.52. The number of aromatic nitrogens is 2. The molecule has 4 heteroatoms. The molecular formula is C24H27N3O. The number of benzene rings is 1. The van der Waals surface area contributed by atoms with E-state index in [1.54, 1.807) is 7.11 Å². The molecule has 0 radical (unpaired) electrons. The van der Waals surface area contributed by atoms with Gasteiger partial charge in [-0.15, -0.1) is 0 Å². The molecule has 0 spiro atoms. The molecule has 1 saturated heterocycles. The van der Waals surface area contributed by atoms with Gasteiger partial charge in [-0.25, -0.2) is 0 Å². The summed E-state index contributed by atoms with van der Waals surface area (Å²) in [6.07, 6.45) is 7.06. The lowest BCUT2D eigenvalue weighted by Gasteiger charge is -2.32. The number of methoxy groups -OCH3 is 1. The Hall–Kier alpha value is -2.72. The number of hydrogen-bond donors (Lipinski definition) is 0. The van der Waals surface area contributed by atoms with Gasteiger partial charge >= 0.3 is 0 Å². The molecule has 28 heavy (non-hydrogen) atoms. The van der Waals surface area contributed by atoms with Gasteiger partial charge in [0.1, 0.15) is 5.75 Å². The minimum Gasteiger partial charge on any atom is -0.497 e. The average Bonchev–Trinajstić information content (AvgIpc) is 2.75. The fourth-order valence-electron chi connectivity index (χ4n) is 4.01. The van der Waals surface area contributed by atoms with E-state index in [1.165, 1.54) is 29.7 Å². The molecule has 0 N–H and O–H groups in total. The standard InChI is InChI=1S/C24H27N3O/c1-28-23-10-2-6-19(15-23)14-22-9-3-11-24(26-22)21-8-5-13-27(18-21)17-20-7-4-12-25-16-20/h2-4,6-7,9-12,15-16,21H,5,8,13-14,17-18H2,1H3/t21-/m1/s1. The lowest BCUT2D eigenvalue weighted by Crippen LogP contribution is -2.34. The van der Waals surface area contributed by atoms with E-state index in [-0.39, 0.29) is 0 Å². The number of rotatable bonds is 6. The average molecular weight is 374 g/mol. The summed E-state index contributed by atoms with van der Waals surface area (Å²) in [4.78, 5) is 11.8. The summed E-state index contributed by atoms with van der Waals surface area (Å²) in [5, 5.41) is 0. The topological polar surface area (TPSA) is 38.2 Å². The summed E-state index contributed by atoms with van der Waals surface area (Å²) in [5.41, 5.74) is 4.85. The highest BCUT2D eigenvalue weighted by Crippen LogP contribution is 2.27. The van der Waals surface area contributed by atoms with Gasteiger partial charge in [0.25, 0.3) is 0 Å². The van der Waals surface area contributed by atoms with E-state index in [2.05, 4.69) is 46.3 Å². The summed E-state index contributed by atoms with van der Waals surface area (Å²) in [6.45, 7) is 3.17. The maximum absolute atomic E-state index is 5.34. The molecule has 0 amide bonds. The first-order chi connectivity index (χ1) is 13.8. The Morgan fingerprint density at radius 2 is 1.96 bits per heavy atom. The van der Waals surface area contributed by atoms with Crippen molar-refractivity contribution in [3.8, 4) is 5.75 Å². The Balaban J connectivity index is 1.44. The van der Waals surface area contributed by atoms with Crippen LogP contribution >= 0.6 is 0 Å². The number of piperidine rings is 1. The summed E-state index contributed by atoms with van der Waals surface area (Å²) in [5.74, 6) is 1.39. The van der Waals surface area contributed by atoms with Crippen molar-refractivity contribution in [1.29, 1.82) is 0 Å². The molecule has 1 aliphatic rings. The van der Waals surface area contributed by atoms with E-state index in [0.29, 0.717) is 5.92 Å². The van der Waals surface area contributed by atoms with Crippen molar-refractivity contribution in [2.75, 3.05) is 20.2 Å². The van der Waals surface area contributed by atoms with Gasteiger partial charge in [0, 0.05) is 49.2 Å². The second-order valence-electron chi connectivity index (χ2n) is 7.52. The number of likely N-dealkylation sites (tertiary alicyclic amines) is 1. The van der Waals surface area contributed by atoms with Crippen molar-refractivity contribution in [3.63, 3.8) is 0 Å². The molecule has 1 fully saturated rings. The van der Waals surface area contributed by atoms with E-state index in [4.69, 9.17) is 9.72 Å².